The second-order valence-corrected chi connectivity index (χ2v) is 11.5. The van der Waals surface area contributed by atoms with E-state index in [1.54, 1.807) is 0 Å². The van der Waals surface area contributed by atoms with E-state index >= 15 is 0 Å². The van der Waals surface area contributed by atoms with Crippen molar-refractivity contribution in [3.8, 4) is 0 Å². The Bertz CT molecular complexity index is 342. The van der Waals surface area contributed by atoms with Crippen LogP contribution in [0, 0.1) is 11.8 Å². The highest BCUT2D eigenvalue weighted by atomic mass is 28.3. The largest absolute Gasteiger partial charge is 0.468 e. The summed E-state index contributed by atoms with van der Waals surface area (Å²) in [5.41, 5.74) is 2.18. The molecule has 5 heteroatoms. The smallest absolute Gasteiger partial charge is 0.320 e. The Kier molecular flexibility index (Phi) is 9.25. The molecule has 0 heterocycles. The summed E-state index contributed by atoms with van der Waals surface area (Å²) in [5, 5.41) is 0. The lowest BCUT2D eigenvalue weighted by atomic mass is 9.87. The van der Waals surface area contributed by atoms with Gasteiger partial charge in [0, 0.05) is 5.92 Å². The molecule has 122 valence electrons. The third-order valence-corrected chi connectivity index (χ3v) is 4.52. The van der Waals surface area contributed by atoms with Gasteiger partial charge in [0.2, 0.25) is 0 Å². The van der Waals surface area contributed by atoms with E-state index in [1.165, 1.54) is 14.2 Å². The lowest BCUT2D eigenvalue weighted by molar-refractivity contribution is -0.160. The van der Waals surface area contributed by atoms with Crippen LogP contribution in [0.4, 0.5) is 0 Å². The van der Waals surface area contributed by atoms with Crippen LogP contribution in [0.5, 0.6) is 0 Å². The van der Waals surface area contributed by atoms with Crippen molar-refractivity contribution in [2.75, 3.05) is 14.2 Å². The molecule has 0 amide bonds. The maximum atomic E-state index is 12.0. The molecule has 0 saturated heterocycles. The number of ether oxygens (including phenoxy) is 2. The Morgan fingerprint density at radius 2 is 1.57 bits per heavy atom. The van der Waals surface area contributed by atoms with Gasteiger partial charge in [0.15, 0.2) is 5.92 Å². The molecule has 0 spiro atoms. The highest BCUT2D eigenvalue weighted by molar-refractivity contribution is 6.80. The van der Waals surface area contributed by atoms with Crippen LogP contribution in [0.3, 0.4) is 0 Å². The van der Waals surface area contributed by atoms with Crippen LogP contribution >= 0.6 is 0 Å². The van der Waals surface area contributed by atoms with E-state index in [4.69, 9.17) is 9.47 Å². The second-order valence-electron chi connectivity index (χ2n) is 6.41. The van der Waals surface area contributed by atoms with E-state index < -0.39 is 25.9 Å². The Hall–Kier alpha value is -1.10. The van der Waals surface area contributed by atoms with Gasteiger partial charge in [-0.05, 0) is 6.42 Å². The van der Waals surface area contributed by atoms with E-state index in [9.17, 15) is 9.59 Å². The lowest BCUT2D eigenvalue weighted by Gasteiger charge is -2.22. The average Bonchev–Trinajstić information content (AvgIpc) is 2.42. The van der Waals surface area contributed by atoms with Gasteiger partial charge in [-0.2, -0.15) is 0 Å². The molecule has 1 unspecified atom stereocenters. The summed E-state index contributed by atoms with van der Waals surface area (Å²) in [4.78, 5) is 23.9. The molecule has 0 aliphatic carbocycles. The first-order valence-corrected chi connectivity index (χ1v) is 11.2. The van der Waals surface area contributed by atoms with Gasteiger partial charge < -0.3 is 9.47 Å². The number of hydrogen-bond acceptors (Lipinski definition) is 4. The number of hydrogen-bond donors (Lipinski definition) is 0. The topological polar surface area (TPSA) is 52.6 Å². The van der Waals surface area contributed by atoms with E-state index in [0.29, 0.717) is 0 Å². The maximum Gasteiger partial charge on any atom is 0.320 e. The van der Waals surface area contributed by atoms with Crippen LogP contribution < -0.4 is 0 Å². The Morgan fingerprint density at radius 1 is 1.05 bits per heavy atom. The standard InChI is InChI=1S/C16H30O4Si/c1-7-8-9-10-13(11-12-21(4,5)6)14(15(17)19-2)16(18)20-3/h11-14H,7-10H2,1-6H3/b12-11+. The summed E-state index contributed by atoms with van der Waals surface area (Å²) >= 11 is 0. The zero-order valence-electron chi connectivity index (χ0n) is 14.3. The summed E-state index contributed by atoms with van der Waals surface area (Å²) < 4.78 is 9.58. The fourth-order valence-electron chi connectivity index (χ4n) is 2.12. The van der Waals surface area contributed by atoms with Gasteiger partial charge in [0.25, 0.3) is 0 Å². The zero-order valence-corrected chi connectivity index (χ0v) is 15.3. The minimum absolute atomic E-state index is 0.150. The Balaban J connectivity index is 5.22. The second kappa shape index (κ2) is 9.76. The van der Waals surface area contributed by atoms with Crippen molar-refractivity contribution in [3.63, 3.8) is 0 Å². The molecule has 0 N–H and O–H groups in total. The van der Waals surface area contributed by atoms with E-state index in [1.807, 2.05) is 6.08 Å². The Morgan fingerprint density at radius 3 is 1.95 bits per heavy atom. The fraction of sp³-hybridized carbons (Fsp3) is 0.750. The molecule has 0 fully saturated rings. The fourth-order valence-corrected chi connectivity index (χ4v) is 2.94. The van der Waals surface area contributed by atoms with Crippen molar-refractivity contribution >= 4 is 20.0 Å². The van der Waals surface area contributed by atoms with E-state index in [-0.39, 0.29) is 5.92 Å². The molecule has 0 aromatic heterocycles. The van der Waals surface area contributed by atoms with Crippen LogP contribution in [0.1, 0.15) is 32.6 Å². The SMILES string of the molecule is CCCCCC(/C=C/[Si](C)(C)C)C(C(=O)OC)C(=O)OC. The van der Waals surface area contributed by atoms with Gasteiger partial charge in [0.05, 0.1) is 22.3 Å². The van der Waals surface area contributed by atoms with Crippen LogP contribution in [0.15, 0.2) is 11.8 Å². The number of allylic oxidation sites excluding steroid dienone is 1. The minimum Gasteiger partial charge on any atom is -0.468 e. The summed E-state index contributed by atoms with van der Waals surface area (Å²) in [7, 11) is 1.23. The lowest BCUT2D eigenvalue weighted by Crippen LogP contribution is -2.33. The maximum absolute atomic E-state index is 12.0. The normalized spacial score (nSPS) is 13.5. The first-order valence-electron chi connectivity index (χ1n) is 7.61. The molecule has 1 atom stereocenters. The molecule has 0 bridgehead atoms. The van der Waals surface area contributed by atoms with Gasteiger partial charge in [0.1, 0.15) is 0 Å². The summed E-state index contributed by atoms with van der Waals surface area (Å²) in [5.74, 6) is -2.03. The van der Waals surface area contributed by atoms with E-state index in [0.717, 1.165) is 25.7 Å². The van der Waals surface area contributed by atoms with Crippen LogP contribution in [0.25, 0.3) is 0 Å². The van der Waals surface area contributed by atoms with Crippen LogP contribution in [0.2, 0.25) is 19.6 Å². The van der Waals surface area contributed by atoms with Gasteiger partial charge in [-0.3, -0.25) is 9.59 Å². The molecule has 0 aromatic rings. The molecule has 21 heavy (non-hydrogen) atoms. The third kappa shape index (κ3) is 8.04. The minimum atomic E-state index is -1.39. The summed E-state index contributed by atoms with van der Waals surface area (Å²) in [6.45, 7) is 8.79. The molecule has 0 rings (SSSR count). The molecule has 0 radical (unpaired) electrons. The van der Waals surface area contributed by atoms with Crippen molar-refractivity contribution < 1.29 is 19.1 Å². The Labute approximate surface area is 129 Å². The van der Waals surface area contributed by atoms with Crippen LogP contribution in [-0.4, -0.2) is 34.2 Å². The highest BCUT2D eigenvalue weighted by Gasteiger charge is 2.35. The van der Waals surface area contributed by atoms with Crippen molar-refractivity contribution in [1.29, 1.82) is 0 Å². The van der Waals surface area contributed by atoms with Crippen molar-refractivity contribution in [2.24, 2.45) is 11.8 Å². The molecule has 0 saturated carbocycles. The van der Waals surface area contributed by atoms with Crippen LogP contribution in [-0.2, 0) is 19.1 Å². The van der Waals surface area contributed by atoms with Gasteiger partial charge in [-0.15, -0.1) is 0 Å². The van der Waals surface area contributed by atoms with Gasteiger partial charge in [-0.1, -0.05) is 57.6 Å². The number of unbranched alkanes of at least 4 members (excludes halogenated alkanes) is 2. The van der Waals surface area contributed by atoms with Crippen molar-refractivity contribution in [1.82, 2.24) is 0 Å². The monoisotopic (exact) mass is 314 g/mol. The predicted octanol–water partition coefficient (Wildman–Crippen LogP) is 3.58. The molecule has 0 aliphatic heterocycles. The molecular weight excluding hydrogens is 284 g/mol. The number of methoxy groups -OCH3 is 2. The first-order chi connectivity index (χ1) is 9.76. The summed E-state index contributed by atoms with van der Waals surface area (Å²) in [6.07, 6.45) is 6.00. The molecule has 0 aromatic carbocycles. The average molecular weight is 314 g/mol. The number of rotatable bonds is 9. The van der Waals surface area contributed by atoms with Gasteiger partial charge >= 0.3 is 11.9 Å². The zero-order chi connectivity index (χ0) is 16.5. The van der Waals surface area contributed by atoms with Crippen molar-refractivity contribution in [2.45, 2.75) is 52.2 Å². The number of carbonyl (C=O) groups excluding carboxylic acids is 2. The first kappa shape index (κ1) is 19.9. The summed E-state index contributed by atoms with van der Waals surface area (Å²) in [6, 6.07) is 0. The van der Waals surface area contributed by atoms with Crippen molar-refractivity contribution in [3.05, 3.63) is 11.8 Å². The predicted molar refractivity (Wildman–Crippen MR) is 87.6 cm³/mol. The highest BCUT2D eigenvalue weighted by Crippen LogP contribution is 2.24. The molecule has 4 nitrogen and oxygen atoms in total. The molecule has 0 aliphatic rings. The number of carbonyl (C=O) groups is 2. The van der Waals surface area contributed by atoms with Gasteiger partial charge in [-0.25, -0.2) is 0 Å². The quantitative estimate of drug-likeness (QED) is 0.282. The third-order valence-electron chi connectivity index (χ3n) is 3.32. The number of esters is 2. The van der Waals surface area contributed by atoms with E-state index in [2.05, 4.69) is 32.3 Å². The molecular formula is C16H30O4Si.